The maximum Gasteiger partial charge on any atom is 0.405 e. The van der Waals surface area contributed by atoms with Crippen LogP contribution < -0.4 is 5.73 Å². The third kappa shape index (κ3) is 15.5. The number of hydrogen-bond acceptors (Lipinski definition) is 10. The number of carboxylic acids is 1. The minimum Gasteiger partial charge on any atom is -0.481 e. The number of amides is 1. The molecule has 0 aromatic rings. The second-order valence-electron chi connectivity index (χ2n) is 11.1. The number of ketones is 1. The van der Waals surface area contributed by atoms with Crippen LogP contribution in [-0.2, 0) is 23.9 Å². The third-order valence-electron chi connectivity index (χ3n) is 7.31. The van der Waals surface area contributed by atoms with Crippen molar-refractivity contribution in [3.05, 3.63) is 71.4 Å². The quantitative estimate of drug-likeness (QED) is 0.0399. The monoisotopic (exact) mass is 701 g/mol. The molecule has 0 aromatic heterocycles. The van der Waals surface area contributed by atoms with Gasteiger partial charge in [0.2, 0.25) is 0 Å². The summed E-state index contributed by atoms with van der Waals surface area (Å²) in [4.78, 5) is 47.0. The van der Waals surface area contributed by atoms with Crippen LogP contribution in [0.3, 0.4) is 0 Å². The lowest BCUT2D eigenvalue weighted by atomic mass is 9.85. The van der Waals surface area contributed by atoms with Crippen molar-refractivity contribution in [2.45, 2.75) is 94.9 Å². The highest BCUT2D eigenvalue weighted by Crippen LogP contribution is 2.27. The summed E-state index contributed by atoms with van der Waals surface area (Å²) in [6, 6.07) is 0. The predicted molar refractivity (Wildman–Crippen MR) is 176 cm³/mol. The number of ether oxygens (including phenoxy) is 2. The highest BCUT2D eigenvalue weighted by molar-refractivity contribution is 6.30. The van der Waals surface area contributed by atoms with Crippen LogP contribution in [0.15, 0.2) is 71.4 Å². The first kappa shape index (κ1) is 41.8. The van der Waals surface area contributed by atoms with Crippen molar-refractivity contribution in [1.29, 1.82) is 0 Å². The topological polar surface area (TPSA) is 214 Å². The molecule has 0 aliphatic heterocycles. The van der Waals surface area contributed by atoms with Gasteiger partial charge in [0, 0.05) is 29.9 Å². The molecule has 9 unspecified atom stereocenters. The molecule has 1 saturated carbocycles. The fourth-order valence-electron chi connectivity index (χ4n) is 4.46. The zero-order valence-corrected chi connectivity index (χ0v) is 28.0. The fraction of sp³-hybridized carbons (Fsp3) is 0.515. The maximum atomic E-state index is 12.6. The van der Waals surface area contributed by atoms with E-state index >= 15 is 0 Å². The molecule has 1 fully saturated rings. The van der Waals surface area contributed by atoms with Gasteiger partial charge in [0.25, 0.3) is 0 Å². The van der Waals surface area contributed by atoms with E-state index in [1.165, 1.54) is 31.2 Å². The van der Waals surface area contributed by atoms with Crippen molar-refractivity contribution in [2.75, 3.05) is 0 Å². The number of allylic oxidation sites excluding steroid dienone is 9. The largest absolute Gasteiger partial charge is 0.481 e. The number of aliphatic carboxylic acids is 1. The van der Waals surface area contributed by atoms with Gasteiger partial charge in [0.15, 0.2) is 5.78 Å². The number of primary amides is 1. The molecule has 14 heteroatoms. The second kappa shape index (κ2) is 21.6. The SMILES string of the molecule is CC/C=C/C(OC(N)=O)C(Cl)C(O)CC(=O)C(O)C(O)C(C)/C(Cl)=C/C=C/C=C(C)/C=C/C=C/C(=O)OC1CC(C(=O)O)CCC1O. The Bertz CT molecular complexity index is 1240. The molecule has 0 radical (unpaired) electrons. The fourth-order valence-corrected chi connectivity index (χ4v) is 4.88. The summed E-state index contributed by atoms with van der Waals surface area (Å²) in [5.41, 5.74) is 5.83. The number of esters is 1. The Balaban J connectivity index is 2.66. The van der Waals surface area contributed by atoms with E-state index < -0.39 is 84.1 Å². The molecule has 0 heterocycles. The number of hydrogen-bond donors (Lipinski definition) is 6. The maximum absolute atomic E-state index is 12.6. The minimum absolute atomic E-state index is 0.0584. The number of aliphatic hydroxyl groups excluding tert-OH is 4. The molecule has 0 spiro atoms. The molecular weight excluding hydrogens is 657 g/mol. The number of Topliss-reactive ketones (excluding diaryl/α,β-unsaturated/α-hetero) is 1. The van der Waals surface area contributed by atoms with Gasteiger partial charge >= 0.3 is 18.0 Å². The Morgan fingerprint density at radius 2 is 1.66 bits per heavy atom. The van der Waals surface area contributed by atoms with Crippen LogP contribution in [0.25, 0.3) is 0 Å². The molecule has 262 valence electrons. The van der Waals surface area contributed by atoms with Crippen LogP contribution in [0.1, 0.15) is 52.9 Å². The molecule has 1 aliphatic rings. The zero-order chi connectivity index (χ0) is 35.7. The molecule has 1 rings (SSSR count). The molecule has 1 aliphatic carbocycles. The summed E-state index contributed by atoms with van der Waals surface area (Å²) in [6.07, 6.45) is 6.95. The Morgan fingerprint density at radius 3 is 2.28 bits per heavy atom. The van der Waals surface area contributed by atoms with E-state index in [-0.39, 0.29) is 17.9 Å². The number of nitrogens with two attached hydrogens (primary N) is 1. The lowest BCUT2D eigenvalue weighted by molar-refractivity contribution is -0.159. The minimum atomic E-state index is -1.89. The van der Waals surface area contributed by atoms with Gasteiger partial charge in [-0.25, -0.2) is 9.59 Å². The highest BCUT2D eigenvalue weighted by atomic mass is 35.5. The Labute approximate surface area is 284 Å². The van der Waals surface area contributed by atoms with Crippen LogP contribution in [0.4, 0.5) is 4.79 Å². The van der Waals surface area contributed by atoms with E-state index in [1.54, 1.807) is 43.4 Å². The van der Waals surface area contributed by atoms with E-state index in [2.05, 4.69) is 0 Å². The first-order valence-corrected chi connectivity index (χ1v) is 15.9. The molecular formula is C33H45Cl2NO11. The molecule has 0 bridgehead atoms. The van der Waals surface area contributed by atoms with Crippen LogP contribution in [-0.4, -0.2) is 91.3 Å². The van der Waals surface area contributed by atoms with E-state index in [4.69, 9.17) is 43.5 Å². The van der Waals surface area contributed by atoms with Crippen molar-refractivity contribution in [2.24, 2.45) is 17.6 Å². The lowest BCUT2D eigenvalue weighted by Crippen LogP contribution is -2.43. The standard InChI is InChI=1S/C33H45Cl2NO11/c1-4-5-13-26(47-33(36)45)29(35)24(38)18-25(39)31(42)30(41)20(3)22(34)12-8-6-10-19(2)11-7-9-14-28(40)46-27-17-21(32(43)44)15-16-23(27)37/h5-14,20-21,23-24,26-27,29-31,37-38,41-42H,4,15-18H2,1-3H3,(H2,36,45)(H,43,44)/b8-6+,11-7+,13-5+,14-9+,19-10+,22-12-. The van der Waals surface area contributed by atoms with Crippen molar-refractivity contribution in [3.63, 3.8) is 0 Å². The van der Waals surface area contributed by atoms with Gasteiger partial charge in [0.1, 0.15) is 23.7 Å². The molecule has 12 nitrogen and oxygen atoms in total. The molecule has 1 amide bonds. The molecule has 0 aromatic carbocycles. The number of alkyl halides is 1. The van der Waals surface area contributed by atoms with Gasteiger partial charge in [-0.1, -0.05) is 73.6 Å². The van der Waals surface area contributed by atoms with Crippen LogP contribution in [0.2, 0.25) is 0 Å². The summed E-state index contributed by atoms with van der Waals surface area (Å²) in [5.74, 6) is -4.10. The summed E-state index contributed by atoms with van der Waals surface area (Å²) < 4.78 is 10.1. The number of aliphatic hydroxyl groups is 4. The van der Waals surface area contributed by atoms with E-state index in [0.717, 1.165) is 5.57 Å². The first-order chi connectivity index (χ1) is 22.1. The van der Waals surface area contributed by atoms with Gasteiger partial charge in [-0.3, -0.25) is 9.59 Å². The molecule has 0 saturated heterocycles. The number of carbonyl (C=O) groups excluding carboxylic acids is 3. The summed E-state index contributed by atoms with van der Waals surface area (Å²) in [5, 5.41) is 49.4. The van der Waals surface area contributed by atoms with Crippen molar-refractivity contribution in [3.8, 4) is 0 Å². The van der Waals surface area contributed by atoms with Crippen LogP contribution >= 0.6 is 23.2 Å². The Morgan fingerprint density at radius 1 is 1.02 bits per heavy atom. The van der Waals surface area contributed by atoms with Gasteiger partial charge in [-0.2, -0.15) is 0 Å². The van der Waals surface area contributed by atoms with Crippen LogP contribution in [0, 0.1) is 11.8 Å². The van der Waals surface area contributed by atoms with Gasteiger partial charge in [0.05, 0.1) is 24.2 Å². The Hall–Kier alpha value is -3.26. The van der Waals surface area contributed by atoms with Gasteiger partial charge in [-0.05, 0) is 38.3 Å². The first-order valence-electron chi connectivity index (χ1n) is 15.1. The smallest absolute Gasteiger partial charge is 0.405 e. The Kier molecular flexibility index (Phi) is 19.2. The number of halogens is 2. The van der Waals surface area contributed by atoms with E-state index in [0.29, 0.717) is 12.8 Å². The van der Waals surface area contributed by atoms with E-state index in [1.807, 2.05) is 6.92 Å². The molecule has 47 heavy (non-hydrogen) atoms. The average Bonchev–Trinajstić information content (AvgIpc) is 3.02. The number of carbonyl (C=O) groups is 4. The number of carboxylic acid groups (broad SMARTS) is 1. The molecule has 9 atom stereocenters. The summed E-state index contributed by atoms with van der Waals surface area (Å²) >= 11 is 12.5. The van der Waals surface area contributed by atoms with Crippen molar-refractivity contribution < 1.29 is 54.2 Å². The van der Waals surface area contributed by atoms with Crippen LogP contribution in [0.5, 0.6) is 0 Å². The van der Waals surface area contributed by atoms with E-state index in [9.17, 15) is 39.6 Å². The van der Waals surface area contributed by atoms with Crippen molar-refractivity contribution in [1.82, 2.24) is 0 Å². The lowest BCUT2D eigenvalue weighted by Gasteiger charge is -2.30. The average molecular weight is 703 g/mol. The highest BCUT2D eigenvalue weighted by Gasteiger charge is 2.36. The normalized spacial score (nSPS) is 23.5. The van der Waals surface area contributed by atoms with Crippen molar-refractivity contribution >= 4 is 47.0 Å². The second-order valence-corrected chi connectivity index (χ2v) is 12.0. The van der Waals surface area contributed by atoms with Gasteiger partial charge in [-0.15, -0.1) is 11.6 Å². The summed E-state index contributed by atoms with van der Waals surface area (Å²) in [6.45, 7) is 5.12. The van der Waals surface area contributed by atoms with Gasteiger partial charge < -0.3 is 40.7 Å². The predicted octanol–water partition coefficient (Wildman–Crippen LogP) is 3.60. The third-order valence-corrected chi connectivity index (χ3v) is 8.32. The number of rotatable bonds is 18. The molecule has 7 N–H and O–H groups in total. The summed E-state index contributed by atoms with van der Waals surface area (Å²) in [7, 11) is 0. The zero-order valence-electron chi connectivity index (χ0n) is 26.5.